The molecule has 146 valence electrons. The highest BCUT2D eigenvalue weighted by Crippen LogP contribution is 2.23. The van der Waals surface area contributed by atoms with E-state index in [9.17, 15) is 14.4 Å². The van der Waals surface area contributed by atoms with Crippen LogP contribution in [0.4, 0.5) is 5.69 Å². The molecule has 0 heterocycles. The van der Waals surface area contributed by atoms with Crippen molar-refractivity contribution in [2.45, 2.75) is 13.0 Å². The molecule has 6 heteroatoms. The van der Waals surface area contributed by atoms with Gasteiger partial charge in [-0.15, -0.1) is 0 Å². The van der Waals surface area contributed by atoms with E-state index in [1.807, 2.05) is 6.07 Å². The highest BCUT2D eigenvalue weighted by molar-refractivity contribution is 9.10. The van der Waals surface area contributed by atoms with Gasteiger partial charge in [0, 0.05) is 21.3 Å². The number of carbonyl (C=O) groups is 3. The molecule has 0 aliphatic carbocycles. The van der Waals surface area contributed by atoms with Crippen molar-refractivity contribution in [3.63, 3.8) is 0 Å². The number of hydrogen-bond acceptors (Lipinski definition) is 4. The van der Waals surface area contributed by atoms with Crippen molar-refractivity contribution in [2.24, 2.45) is 0 Å². The predicted molar refractivity (Wildman–Crippen MR) is 114 cm³/mol. The van der Waals surface area contributed by atoms with E-state index in [0.717, 1.165) is 4.47 Å². The first kappa shape index (κ1) is 20.5. The summed E-state index contributed by atoms with van der Waals surface area (Å²) in [5.41, 5.74) is 1.80. The van der Waals surface area contributed by atoms with Crippen LogP contribution in [0.25, 0.3) is 0 Å². The third kappa shape index (κ3) is 5.39. The quantitative estimate of drug-likeness (QED) is 0.413. The SMILES string of the molecule is CC(=O)c1cccc(NC(=O)C(OC(=O)c2ccc(Br)cc2)c2ccccc2)c1. The summed E-state index contributed by atoms with van der Waals surface area (Å²) in [6.45, 7) is 1.45. The second-order valence-electron chi connectivity index (χ2n) is 6.33. The van der Waals surface area contributed by atoms with Crippen molar-refractivity contribution in [3.8, 4) is 0 Å². The van der Waals surface area contributed by atoms with Crippen LogP contribution in [0.15, 0.2) is 83.3 Å². The summed E-state index contributed by atoms with van der Waals surface area (Å²) in [6.07, 6.45) is -1.15. The number of ketones is 1. The van der Waals surface area contributed by atoms with Gasteiger partial charge in [0.1, 0.15) is 0 Å². The van der Waals surface area contributed by atoms with Crippen molar-refractivity contribution in [3.05, 3.63) is 100 Å². The minimum atomic E-state index is -1.15. The summed E-state index contributed by atoms with van der Waals surface area (Å²) in [4.78, 5) is 37.1. The van der Waals surface area contributed by atoms with Gasteiger partial charge in [-0.3, -0.25) is 9.59 Å². The zero-order valence-electron chi connectivity index (χ0n) is 15.6. The molecule has 0 radical (unpaired) electrons. The van der Waals surface area contributed by atoms with Gasteiger partial charge in [-0.1, -0.05) is 58.4 Å². The smallest absolute Gasteiger partial charge is 0.339 e. The minimum absolute atomic E-state index is 0.109. The molecule has 1 unspecified atom stereocenters. The highest BCUT2D eigenvalue weighted by atomic mass is 79.9. The van der Waals surface area contributed by atoms with Crippen LogP contribution in [0.1, 0.15) is 39.3 Å². The largest absolute Gasteiger partial charge is 0.444 e. The Morgan fingerprint density at radius 3 is 2.21 bits per heavy atom. The van der Waals surface area contributed by atoms with E-state index in [1.165, 1.54) is 6.92 Å². The van der Waals surface area contributed by atoms with Crippen molar-refractivity contribution in [2.75, 3.05) is 5.32 Å². The fourth-order valence-corrected chi connectivity index (χ4v) is 2.95. The van der Waals surface area contributed by atoms with Gasteiger partial charge in [0.25, 0.3) is 5.91 Å². The van der Waals surface area contributed by atoms with E-state index in [1.54, 1.807) is 72.8 Å². The Kier molecular flexibility index (Phi) is 6.57. The molecule has 3 aromatic carbocycles. The van der Waals surface area contributed by atoms with Gasteiger partial charge >= 0.3 is 5.97 Å². The molecule has 3 rings (SSSR count). The molecule has 0 aliphatic heterocycles. The van der Waals surface area contributed by atoms with Crippen molar-refractivity contribution in [1.82, 2.24) is 0 Å². The van der Waals surface area contributed by atoms with Crippen LogP contribution in [0.3, 0.4) is 0 Å². The van der Waals surface area contributed by atoms with Crippen LogP contribution in [-0.2, 0) is 9.53 Å². The van der Waals surface area contributed by atoms with Gasteiger partial charge in [-0.05, 0) is 43.3 Å². The Morgan fingerprint density at radius 1 is 0.862 bits per heavy atom. The number of ether oxygens (including phenoxy) is 1. The number of benzene rings is 3. The monoisotopic (exact) mass is 451 g/mol. The van der Waals surface area contributed by atoms with Crippen LogP contribution in [-0.4, -0.2) is 17.7 Å². The summed E-state index contributed by atoms with van der Waals surface area (Å²) in [5.74, 6) is -1.23. The standard InChI is InChI=1S/C23H18BrNO4/c1-15(26)18-8-5-9-20(14-18)25-22(27)21(16-6-3-2-4-7-16)29-23(28)17-10-12-19(24)13-11-17/h2-14,21H,1H3,(H,25,27). The molecule has 0 bridgehead atoms. The molecule has 5 nitrogen and oxygen atoms in total. The van der Waals surface area contributed by atoms with Gasteiger partial charge in [0.05, 0.1) is 5.56 Å². The Morgan fingerprint density at radius 2 is 1.55 bits per heavy atom. The van der Waals surface area contributed by atoms with E-state index in [0.29, 0.717) is 22.4 Å². The predicted octanol–water partition coefficient (Wildman–Crippen LogP) is 5.19. The molecule has 0 fully saturated rings. The summed E-state index contributed by atoms with van der Waals surface area (Å²) in [5, 5.41) is 2.73. The molecule has 3 aromatic rings. The first-order valence-corrected chi connectivity index (χ1v) is 9.66. The molecule has 0 spiro atoms. The summed E-state index contributed by atoms with van der Waals surface area (Å²) in [6, 6.07) is 22.0. The van der Waals surface area contributed by atoms with Crippen LogP contribution < -0.4 is 5.32 Å². The Bertz CT molecular complexity index is 1030. The van der Waals surface area contributed by atoms with E-state index >= 15 is 0 Å². The van der Waals surface area contributed by atoms with Crippen molar-refractivity contribution in [1.29, 1.82) is 0 Å². The number of carbonyl (C=O) groups excluding carboxylic acids is 3. The van der Waals surface area contributed by atoms with Gasteiger partial charge in [-0.2, -0.15) is 0 Å². The van der Waals surface area contributed by atoms with Crippen molar-refractivity contribution >= 4 is 39.3 Å². The topological polar surface area (TPSA) is 72.5 Å². The lowest BCUT2D eigenvalue weighted by atomic mass is 10.1. The molecular weight excluding hydrogens is 434 g/mol. The molecule has 1 N–H and O–H groups in total. The van der Waals surface area contributed by atoms with Crippen LogP contribution >= 0.6 is 15.9 Å². The maximum Gasteiger partial charge on any atom is 0.339 e. The van der Waals surface area contributed by atoms with Crippen LogP contribution in [0.5, 0.6) is 0 Å². The Hall–Kier alpha value is -3.25. The average Bonchev–Trinajstić information content (AvgIpc) is 2.73. The minimum Gasteiger partial charge on any atom is -0.444 e. The summed E-state index contributed by atoms with van der Waals surface area (Å²) >= 11 is 3.32. The third-order valence-electron chi connectivity index (χ3n) is 4.18. The normalized spacial score (nSPS) is 11.4. The van der Waals surface area contributed by atoms with Gasteiger partial charge in [0.2, 0.25) is 6.10 Å². The number of Topliss-reactive ketones (excluding diaryl/α,β-unsaturated/α-hetero) is 1. The molecule has 0 saturated carbocycles. The maximum absolute atomic E-state index is 12.9. The number of nitrogens with one attached hydrogen (secondary N) is 1. The van der Waals surface area contributed by atoms with Gasteiger partial charge in [0.15, 0.2) is 5.78 Å². The van der Waals surface area contributed by atoms with E-state index < -0.39 is 18.0 Å². The number of halogens is 1. The zero-order valence-corrected chi connectivity index (χ0v) is 17.2. The summed E-state index contributed by atoms with van der Waals surface area (Å²) in [7, 11) is 0. The number of anilines is 1. The Labute approximate surface area is 176 Å². The van der Waals surface area contributed by atoms with Crippen LogP contribution in [0, 0.1) is 0 Å². The second-order valence-corrected chi connectivity index (χ2v) is 7.24. The number of hydrogen-bond donors (Lipinski definition) is 1. The van der Waals surface area contributed by atoms with E-state index in [-0.39, 0.29) is 5.78 Å². The van der Waals surface area contributed by atoms with Gasteiger partial charge in [-0.25, -0.2) is 4.79 Å². The molecular formula is C23H18BrNO4. The second kappa shape index (κ2) is 9.30. The lowest BCUT2D eigenvalue weighted by Gasteiger charge is -2.18. The van der Waals surface area contributed by atoms with Crippen LogP contribution in [0.2, 0.25) is 0 Å². The molecule has 0 aromatic heterocycles. The number of esters is 1. The van der Waals surface area contributed by atoms with Gasteiger partial charge < -0.3 is 10.1 Å². The number of amides is 1. The first-order chi connectivity index (χ1) is 13.9. The Balaban J connectivity index is 1.84. The molecule has 29 heavy (non-hydrogen) atoms. The first-order valence-electron chi connectivity index (χ1n) is 8.87. The third-order valence-corrected chi connectivity index (χ3v) is 4.71. The number of rotatable bonds is 6. The molecule has 1 amide bonds. The van der Waals surface area contributed by atoms with E-state index in [4.69, 9.17) is 4.74 Å². The highest BCUT2D eigenvalue weighted by Gasteiger charge is 2.26. The van der Waals surface area contributed by atoms with E-state index in [2.05, 4.69) is 21.2 Å². The lowest BCUT2D eigenvalue weighted by Crippen LogP contribution is -2.26. The zero-order chi connectivity index (χ0) is 20.8. The fourth-order valence-electron chi connectivity index (χ4n) is 2.69. The molecule has 1 atom stereocenters. The molecule has 0 aliphatic rings. The van der Waals surface area contributed by atoms with Crippen molar-refractivity contribution < 1.29 is 19.1 Å². The average molecular weight is 452 g/mol. The lowest BCUT2D eigenvalue weighted by molar-refractivity contribution is -0.125. The fraction of sp³-hybridized carbons (Fsp3) is 0.0870. The summed E-state index contributed by atoms with van der Waals surface area (Å²) < 4.78 is 6.37. The molecule has 0 saturated heterocycles. The maximum atomic E-state index is 12.9.